The van der Waals surface area contributed by atoms with Gasteiger partial charge in [-0.3, -0.25) is 4.79 Å². The Morgan fingerprint density at radius 2 is 2.30 bits per heavy atom. The average molecular weight is 346 g/mol. The van der Waals surface area contributed by atoms with E-state index in [0.29, 0.717) is 6.42 Å². The summed E-state index contributed by atoms with van der Waals surface area (Å²) >= 11 is 3.18. The van der Waals surface area contributed by atoms with Crippen LogP contribution in [0.4, 0.5) is 5.95 Å². The van der Waals surface area contributed by atoms with E-state index in [1.165, 1.54) is 11.8 Å². The molecule has 0 saturated heterocycles. The number of allylic oxidation sites excluding steroid dienone is 2. The fraction of sp³-hybridized carbons (Fsp3) is 0.438. The molecule has 4 rings (SSSR count). The molecule has 0 amide bonds. The van der Waals surface area contributed by atoms with Crippen molar-refractivity contribution in [3.05, 3.63) is 34.2 Å². The van der Waals surface area contributed by atoms with Gasteiger partial charge in [-0.25, -0.2) is 4.68 Å². The molecule has 0 radical (unpaired) electrons. The second-order valence-electron chi connectivity index (χ2n) is 6.66. The largest absolute Gasteiger partial charge is 0.328 e. The molecule has 0 saturated carbocycles. The zero-order valence-electron chi connectivity index (χ0n) is 13.2. The van der Waals surface area contributed by atoms with Gasteiger partial charge < -0.3 is 5.32 Å². The molecular formula is C16H18N4OS2. The summed E-state index contributed by atoms with van der Waals surface area (Å²) in [5.74, 6) is 0.789. The Bertz CT molecular complexity index is 791. The number of nitrogens with zero attached hydrogens (tertiary/aromatic N) is 3. The smallest absolute Gasteiger partial charge is 0.227 e. The van der Waals surface area contributed by atoms with Gasteiger partial charge in [-0.1, -0.05) is 37.8 Å². The first kappa shape index (κ1) is 15.0. The van der Waals surface area contributed by atoms with Crippen LogP contribution < -0.4 is 5.32 Å². The van der Waals surface area contributed by atoms with E-state index >= 15 is 0 Å². The van der Waals surface area contributed by atoms with Gasteiger partial charge in [-0.2, -0.15) is 4.98 Å². The van der Waals surface area contributed by atoms with E-state index in [-0.39, 0.29) is 23.2 Å². The van der Waals surface area contributed by atoms with Crippen LogP contribution in [0.1, 0.15) is 31.2 Å². The van der Waals surface area contributed by atoms with Gasteiger partial charge in [0.25, 0.3) is 0 Å². The van der Waals surface area contributed by atoms with Crippen molar-refractivity contribution in [1.82, 2.24) is 14.8 Å². The first-order valence-corrected chi connectivity index (χ1v) is 9.65. The normalized spacial score (nSPS) is 25.3. The van der Waals surface area contributed by atoms with Crippen molar-refractivity contribution in [2.75, 3.05) is 11.6 Å². The summed E-state index contributed by atoms with van der Waals surface area (Å²) in [4.78, 5) is 18.6. The first-order chi connectivity index (χ1) is 11.0. The number of thiophene rings is 1. The Labute approximate surface area is 143 Å². The molecule has 5 nitrogen and oxygen atoms in total. The lowest BCUT2D eigenvalue weighted by Gasteiger charge is -2.39. The number of ketones is 1. The van der Waals surface area contributed by atoms with Crippen molar-refractivity contribution in [2.45, 2.75) is 31.5 Å². The van der Waals surface area contributed by atoms with Crippen molar-refractivity contribution in [2.24, 2.45) is 11.3 Å². The van der Waals surface area contributed by atoms with E-state index in [9.17, 15) is 4.79 Å². The number of fused-ring (bicyclic) bond motifs is 2. The standard InChI is InChI=1S/C16H18N4OS2/c1-16(2)7-9-12(10(21)8-16)13(11-5-4-6-23-11)20-14(17-9)18-15(19-20)22-3/h4-7,12-13H,8H2,1-3H3,(H,17,18,19)/t12-,13-/m0/s1. The van der Waals surface area contributed by atoms with Gasteiger partial charge in [0, 0.05) is 17.0 Å². The van der Waals surface area contributed by atoms with Gasteiger partial charge in [0.15, 0.2) is 0 Å². The lowest BCUT2D eigenvalue weighted by Crippen LogP contribution is -2.41. The molecule has 0 unspecified atom stereocenters. The minimum absolute atomic E-state index is 0.102. The first-order valence-electron chi connectivity index (χ1n) is 7.55. The van der Waals surface area contributed by atoms with Crippen LogP contribution in [0.15, 0.2) is 34.4 Å². The number of carbonyl (C=O) groups excluding carboxylic acids is 1. The van der Waals surface area contributed by atoms with Crippen LogP contribution >= 0.6 is 23.1 Å². The van der Waals surface area contributed by atoms with Crippen LogP contribution in [0, 0.1) is 11.3 Å². The summed E-state index contributed by atoms with van der Waals surface area (Å²) in [7, 11) is 0. The lowest BCUT2D eigenvalue weighted by atomic mass is 9.73. The molecule has 3 heterocycles. The average Bonchev–Trinajstić information content (AvgIpc) is 3.12. The zero-order chi connectivity index (χ0) is 16.2. The second kappa shape index (κ2) is 5.21. The number of Topliss-reactive ketones (excluding diaryl/α,β-unsaturated/α-hetero) is 1. The molecule has 2 aromatic heterocycles. The molecule has 7 heteroatoms. The zero-order valence-corrected chi connectivity index (χ0v) is 14.9. The highest BCUT2D eigenvalue weighted by Crippen LogP contribution is 2.46. The summed E-state index contributed by atoms with van der Waals surface area (Å²) in [5.41, 5.74) is 0.845. The monoisotopic (exact) mass is 346 g/mol. The second-order valence-corrected chi connectivity index (χ2v) is 8.41. The van der Waals surface area contributed by atoms with Crippen molar-refractivity contribution >= 4 is 34.8 Å². The molecule has 1 aliphatic carbocycles. The van der Waals surface area contributed by atoms with E-state index in [0.717, 1.165) is 21.7 Å². The summed E-state index contributed by atoms with van der Waals surface area (Å²) in [5, 5.41) is 10.7. The maximum absolute atomic E-state index is 12.9. The van der Waals surface area contributed by atoms with Crippen LogP contribution in [0.5, 0.6) is 0 Å². The third-order valence-corrected chi connectivity index (χ3v) is 5.80. The van der Waals surface area contributed by atoms with E-state index in [2.05, 4.69) is 41.4 Å². The van der Waals surface area contributed by atoms with Crippen molar-refractivity contribution < 1.29 is 4.79 Å². The number of thioether (sulfide) groups is 1. The molecule has 1 aliphatic heterocycles. The van der Waals surface area contributed by atoms with Crippen molar-refractivity contribution in [3.63, 3.8) is 0 Å². The minimum Gasteiger partial charge on any atom is -0.328 e. The van der Waals surface area contributed by atoms with Crippen molar-refractivity contribution in [3.8, 4) is 0 Å². The number of aromatic nitrogens is 3. The van der Waals surface area contributed by atoms with Gasteiger partial charge in [-0.05, 0) is 23.1 Å². The van der Waals surface area contributed by atoms with Gasteiger partial charge in [-0.15, -0.1) is 16.4 Å². The summed E-state index contributed by atoms with van der Waals surface area (Å²) in [6, 6.07) is 4.00. The third-order valence-electron chi connectivity index (χ3n) is 4.32. The van der Waals surface area contributed by atoms with Crippen LogP contribution in [0.25, 0.3) is 0 Å². The topological polar surface area (TPSA) is 59.8 Å². The molecule has 0 fully saturated rings. The third kappa shape index (κ3) is 2.42. The molecule has 120 valence electrons. The predicted octanol–water partition coefficient (Wildman–Crippen LogP) is 3.58. The highest BCUT2D eigenvalue weighted by atomic mass is 32.2. The molecule has 1 N–H and O–H groups in total. The number of rotatable bonds is 2. The number of anilines is 1. The van der Waals surface area contributed by atoms with Gasteiger partial charge in [0.05, 0.1) is 5.92 Å². The van der Waals surface area contributed by atoms with Gasteiger partial charge in [0.1, 0.15) is 11.8 Å². The Balaban J connectivity index is 1.91. The fourth-order valence-corrected chi connectivity index (χ4v) is 4.63. The Morgan fingerprint density at radius 3 is 3.00 bits per heavy atom. The summed E-state index contributed by atoms with van der Waals surface area (Å²) in [6.07, 6.45) is 4.71. The van der Waals surface area contributed by atoms with Crippen LogP contribution in [0.3, 0.4) is 0 Å². The Hall–Kier alpha value is -1.60. The number of nitrogens with one attached hydrogen (secondary N) is 1. The molecular weight excluding hydrogens is 328 g/mol. The van der Waals surface area contributed by atoms with Crippen LogP contribution in [-0.2, 0) is 4.79 Å². The summed E-state index contributed by atoms with van der Waals surface area (Å²) < 4.78 is 1.88. The maximum atomic E-state index is 12.9. The molecule has 0 aromatic carbocycles. The quantitative estimate of drug-likeness (QED) is 0.842. The molecule has 2 atom stereocenters. The van der Waals surface area contributed by atoms with E-state index in [4.69, 9.17) is 0 Å². The number of hydrogen-bond donors (Lipinski definition) is 1. The van der Waals surface area contributed by atoms with Crippen molar-refractivity contribution in [1.29, 1.82) is 0 Å². The predicted molar refractivity (Wildman–Crippen MR) is 92.9 cm³/mol. The molecule has 0 spiro atoms. The molecule has 2 aromatic rings. The lowest BCUT2D eigenvalue weighted by molar-refractivity contribution is -0.125. The van der Waals surface area contributed by atoms with Crippen LogP contribution in [-0.4, -0.2) is 26.8 Å². The fourth-order valence-electron chi connectivity index (χ4n) is 3.44. The maximum Gasteiger partial charge on any atom is 0.227 e. The van der Waals surface area contributed by atoms with E-state index in [1.54, 1.807) is 11.3 Å². The van der Waals surface area contributed by atoms with E-state index in [1.807, 2.05) is 22.4 Å². The van der Waals surface area contributed by atoms with Gasteiger partial charge >= 0.3 is 0 Å². The SMILES string of the molecule is CSc1nc2n(n1)[C@@H](c1cccs1)[C@@H]1C(=O)CC(C)(C)C=C1N2. The molecule has 2 aliphatic rings. The number of hydrogen-bond acceptors (Lipinski definition) is 6. The Kier molecular flexibility index (Phi) is 3.39. The number of carbonyl (C=O) groups is 1. The molecule has 0 bridgehead atoms. The van der Waals surface area contributed by atoms with Crippen LogP contribution in [0.2, 0.25) is 0 Å². The minimum atomic E-state index is -0.203. The molecule has 23 heavy (non-hydrogen) atoms. The summed E-state index contributed by atoms with van der Waals surface area (Å²) in [6.45, 7) is 4.20. The highest BCUT2D eigenvalue weighted by Gasteiger charge is 2.45. The highest BCUT2D eigenvalue weighted by molar-refractivity contribution is 7.98. The van der Waals surface area contributed by atoms with Gasteiger partial charge in [0.2, 0.25) is 11.1 Å². The Morgan fingerprint density at radius 1 is 1.48 bits per heavy atom. The van der Waals surface area contributed by atoms with E-state index < -0.39 is 0 Å².